The summed E-state index contributed by atoms with van der Waals surface area (Å²) in [6.45, 7) is 0. The lowest BCUT2D eigenvalue weighted by atomic mass is 10.2. The molecule has 2 N–H and O–H groups in total. The minimum absolute atomic E-state index is 0.124. The van der Waals surface area contributed by atoms with E-state index < -0.39 is 20.9 Å². The topological polar surface area (TPSA) is 128 Å². The molecule has 9 nitrogen and oxygen atoms in total. The molecule has 10 heteroatoms. The van der Waals surface area contributed by atoms with Crippen LogP contribution in [0.15, 0.2) is 42.5 Å². The lowest BCUT2D eigenvalue weighted by Crippen LogP contribution is -2.13. The van der Waals surface area contributed by atoms with Crippen molar-refractivity contribution < 1.29 is 22.9 Å². The van der Waals surface area contributed by atoms with Crippen molar-refractivity contribution in [2.75, 3.05) is 23.4 Å². The Kier molecular flexibility index (Phi) is 5.22. The summed E-state index contributed by atoms with van der Waals surface area (Å²) in [5, 5.41) is 13.2. The van der Waals surface area contributed by atoms with E-state index >= 15 is 0 Å². The molecule has 0 atom stereocenters. The van der Waals surface area contributed by atoms with Crippen LogP contribution in [0.4, 0.5) is 17.1 Å². The highest BCUT2D eigenvalue weighted by molar-refractivity contribution is 7.92. The summed E-state index contributed by atoms with van der Waals surface area (Å²) < 4.78 is 30.2. The smallest absolute Gasteiger partial charge is 0.269 e. The van der Waals surface area contributed by atoms with Gasteiger partial charge in [0.1, 0.15) is 5.75 Å². The number of anilines is 2. The first-order valence-electron chi connectivity index (χ1n) is 6.91. The van der Waals surface area contributed by atoms with Crippen LogP contribution in [0.25, 0.3) is 0 Å². The Hall–Kier alpha value is -3.14. The molecule has 0 aliphatic carbocycles. The van der Waals surface area contributed by atoms with Crippen molar-refractivity contribution in [1.29, 1.82) is 0 Å². The zero-order chi connectivity index (χ0) is 18.6. The number of ether oxygens (including phenoxy) is 1. The van der Waals surface area contributed by atoms with E-state index in [1.807, 2.05) is 0 Å². The maximum absolute atomic E-state index is 12.2. The van der Waals surface area contributed by atoms with Crippen LogP contribution in [0.3, 0.4) is 0 Å². The third-order valence-corrected chi connectivity index (χ3v) is 3.68. The van der Waals surface area contributed by atoms with Gasteiger partial charge in [-0.1, -0.05) is 0 Å². The molecular weight excluding hydrogens is 350 g/mol. The summed E-state index contributed by atoms with van der Waals surface area (Å²) in [5.41, 5.74) is 0.599. The predicted molar refractivity (Wildman–Crippen MR) is 92.5 cm³/mol. The second kappa shape index (κ2) is 7.18. The molecule has 0 saturated carbocycles. The fraction of sp³-hybridized carbons (Fsp3) is 0.133. The number of hydrogen-bond donors (Lipinski definition) is 2. The van der Waals surface area contributed by atoms with Gasteiger partial charge in [0.2, 0.25) is 10.0 Å². The van der Waals surface area contributed by atoms with Crippen molar-refractivity contribution >= 4 is 33.0 Å². The first kappa shape index (κ1) is 18.2. The monoisotopic (exact) mass is 365 g/mol. The molecule has 0 radical (unpaired) electrons. The van der Waals surface area contributed by atoms with Gasteiger partial charge >= 0.3 is 0 Å². The largest absolute Gasteiger partial charge is 0.495 e. The van der Waals surface area contributed by atoms with E-state index in [1.54, 1.807) is 0 Å². The molecule has 0 fully saturated rings. The number of nitrogens with zero attached hydrogens (tertiary/aromatic N) is 1. The lowest BCUT2D eigenvalue weighted by molar-refractivity contribution is -0.384. The molecule has 0 aliphatic heterocycles. The van der Waals surface area contributed by atoms with Gasteiger partial charge in [0.15, 0.2) is 0 Å². The number of carbonyl (C=O) groups is 1. The highest BCUT2D eigenvalue weighted by Crippen LogP contribution is 2.28. The first-order chi connectivity index (χ1) is 11.7. The Balaban J connectivity index is 2.22. The summed E-state index contributed by atoms with van der Waals surface area (Å²) in [7, 11) is -2.14. The van der Waals surface area contributed by atoms with Gasteiger partial charge in [0, 0.05) is 23.4 Å². The van der Waals surface area contributed by atoms with Gasteiger partial charge in [-0.2, -0.15) is 0 Å². The highest BCUT2D eigenvalue weighted by atomic mass is 32.2. The van der Waals surface area contributed by atoms with Crippen LogP contribution in [0.2, 0.25) is 0 Å². The molecule has 0 heterocycles. The molecule has 25 heavy (non-hydrogen) atoms. The first-order valence-corrected chi connectivity index (χ1v) is 8.80. The number of amides is 1. The molecule has 0 aromatic heterocycles. The summed E-state index contributed by atoms with van der Waals surface area (Å²) in [6, 6.07) is 9.54. The molecule has 132 valence electrons. The highest BCUT2D eigenvalue weighted by Gasteiger charge is 2.13. The predicted octanol–water partition coefficient (Wildman–Crippen LogP) is 2.23. The van der Waals surface area contributed by atoms with E-state index in [9.17, 15) is 23.3 Å². The van der Waals surface area contributed by atoms with Crippen molar-refractivity contribution in [2.45, 2.75) is 0 Å². The lowest BCUT2D eigenvalue weighted by Gasteiger charge is -2.12. The summed E-state index contributed by atoms with van der Waals surface area (Å²) in [6.07, 6.45) is 0.995. The molecular formula is C15H15N3O6S. The zero-order valence-corrected chi connectivity index (χ0v) is 14.2. The molecule has 0 unspecified atom stereocenters. The third kappa shape index (κ3) is 4.91. The van der Waals surface area contributed by atoms with Crippen LogP contribution < -0.4 is 14.8 Å². The van der Waals surface area contributed by atoms with Crippen LogP contribution in [-0.4, -0.2) is 32.6 Å². The Morgan fingerprint density at radius 1 is 1.16 bits per heavy atom. The quantitative estimate of drug-likeness (QED) is 0.597. The van der Waals surface area contributed by atoms with Crippen LogP contribution in [0.5, 0.6) is 5.75 Å². The summed E-state index contributed by atoms with van der Waals surface area (Å²) in [4.78, 5) is 22.3. The molecule has 0 bridgehead atoms. The van der Waals surface area contributed by atoms with E-state index in [-0.39, 0.29) is 16.9 Å². The van der Waals surface area contributed by atoms with Gasteiger partial charge in [0.25, 0.3) is 11.6 Å². The second-order valence-electron chi connectivity index (χ2n) is 5.05. The van der Waals surface area contributed by atoms with Gasteiger partial charge in [-0.15, -0.1) is 0 Å². The number of methoxy groups -OCH3 is 1. The van der Waals surface area contributed by atoms with Crippen molar-refractivity contribution in [2.24, 2.45) is 0 Å². The number of rotatable bonds is 6. The number of carbonyl (C=O) groups excluding carboxylic acids is 1. The Labute approximate surface area is 143 Å². The molecule has 2 aromatic rings. The van der Waals surface area contributed by atoms with E-state index in [4.69, 9.17) is 4.74 Å². The van der Waals surface area contributed by atoms with E-state index in [0.29, 0.717) is 11.4 Å². The summed E-state index contributed by atoms with van der Waals surface area (Å²) >= 11 is 0. The fourth-order valence-corrected chi connectivity index (χ4v) is 2.56. The number of nitro benzene ring substituents is 1. The molecule has 2 rings (SSSR count). The maximum Gasteiger partial charge on any atom is 0.269 e. The minimum Gasteiger partial charge on any atom is -0.495 e. The zero-order valence-electron chi connectivity index (χ0n) is 13.3. The van der Waals surface area contributed by atoms with Crippen LogP contribution >= 0.6 is 0 Å². The molecule has 0 saturated heterocycles. The van der Waals surface area contributed by atoms with Crippen LogP contribution in [0, 0.1) is 10.1 Å². The Morgan fingerprint density at radius 2 is 1.80 bits per heavy atom. The van der Waals surface area contributed by atoms with E-state index in [1.165, 1.54) is 49.6 Å². The van der Waals surface area contributed by atoms with Gasteiger partial charge in [0.05, 0.1) is 24.0 Å². The Morgan fingerprint density at radius 3 is 2.32 bits per heavy atom. The number of hydrogen-bond acceptors (Lipinski definition) is 6. The molecule has 0 spiro atoms. The van der Waals surface area contributed by atoms with Gasteiger partial charge in [-0.25, -0.2) is 8.42 Å². The number of non-ortho nitro benzene ring substituents is 1. The SMILES string of the molecule is COc1ccc(NC(=O)c2ccc([N+](=O)[O-])cc2)cc1NS(C)(=O)=O. The number of nitrogens with one attached hydrogen (secondary N) is 2. The number of benzene rings is 2. The average molecular weight is 365 g/mol. The number of nitro groups is 1. The second-order valence-corrected chi connectivity index (χ2v) is 6.80. The average Bonchev–Trinajstić information content (AvgIpc) is 2.53. The van der Waals surface area contributed by atoms with Crippen molar-refractivity contribution in [1.82, 2.24) is 0 Å². The van der Waals surface area contributed by atoms with Crippen molar-refractivity contribution in [3.8, 4) is 5.75 Å². The van der Waals surface area contributed by atoms with Crippen molar-refractivity contribution in [3.05, 3.63) is 58.1 Å². The van der Waals surface area contributed by atoms with E-state index in [0.717, 1.165) is 6.26 Å². The Bertz CT molecular complexity index is 909. The maximum atomic E-state index is 12.2. The van der Waals surface area contributed by atoms with Gasteiger partial charge in [-0.05, 0) is 30.3 Å². The molecule has 2 aromatic carbocycles. The van der Waals surface area contributed by atoms with Crippen LogP contribution in [0.1, 0.15) is 10.4 Å². The minimum atomic E-state index is -3.53. The molecule has 1 amide bonds. The van der Waals surface area contributed by atoms with Gasteiger partial charge in [-0.3, -0.25) is 19.6 Å². The molecule has 0 aliphatic rings. The number of sulfonamides is 1. The van der Waals surface area contributed by atoms with Gasteiger partial charge < -0.3 is 10.1 Å². The normalized spacial score (nSPS) is 10.8. The van der Waals surface area contributed by atoms with E-state index in [2.05, 4.69) is 10.0 Å². The third-order valence-electron chi connectivity index (χ3n) is 3.09. The summed E-state index contributed by atoms with van der Waals surface area (Å²) in [5.74, 6) is -0.205. The standard InChI is InChI=1S/C15H15N3O6S/c1-24-14-8-5-11(9-13(14)17-25(2,22)23)16-15(19)10-3-6-12(7-4-10)18(20)21/h3-9,17H,1-2H3,(H,16,19). The van der Waals surface area contributed by atoms with Crippen LogP contribution in [-0.2, 0) is 10.0 Å². The fourth-order valence-electron chi connectivity index (χ4n) is 2.00. The van der Waals surface area contributed by atoms with Crippen molar-refractivity contribution in [3.63, 3.8) is 0 Å².